The largest absolute Gasteiger partial charge is 0.364 e. The summed E-state index contributed by atoms with van der Waals surface area (Å²) in [5.41, 5.74) is 2.55. The highest BCUT2D eigenvalue weighted by molar-refractivity contribution is 7.99. The molecule has 3 rings (SSSR count). The average molecular weight is 345 g/mol. The van der Waals surface area contributed by atoms with Crippen molar-refractivity contribution in [1.82, 2.24) is 10.6 Å². The van der Waals surface area contributed by atoms with E-state index in [0.29, 0.717) is 12.6 Å². The van der Waals surface area contributed by atoms with Crippen LogP contribution in [0.3, 0.4) is 0 Å². The van der Waals surface area contributed by atoms with Crippen molar-refractivity contribution in [3.05, 3.63) is 42.0 Å². The Labute approximate surface area is 149 Å². The van der Waals surface area contributed by atoms with Gasteiger partial charge < -0.3 is 15.5 Å². The van der Waals surface area contributed by atoms with Gasteiger partial charge in [0.1, 0.15) is 0 Å². The lowest BCUT2D eigenvalue weighted by Crippen LogP contribution is -2.45. The van der Waals surface area contributed by atoms with Crippen LogP contribution in [0.5, 0.6) is 0 Å². The monoisotopic (exact) mass is 344 g/mol. The van der Waals surface area contributed by atoms with Gasteiger partial charge in [0.25, 0.3) is 0 Å². The van der Waals surface area contributed by atoms with Gasteiger partial charge in [-0.05, 0) is 43.2 Å². The third-order valence-corrected chi connectivity index (χ3v) is 5.57. The summed E-state index contributed by atoms with van der Waals surface area (Å²) in [4.78, 5) is 7.17. The smallest absolute Gasteiger partial charge is 0.191 e. The molecular weight excluding hydrogens is 316 g/mol. The molecule has 2 heterocycles. The maximum atomic E-state index is 4.80. The third kappa shape index (κ3) is 4.94. The number of anilines is 1. The molecule has 1 saturated heterocycles. The van der Waals surface area contributed by atoms with E-state index >= 15 is 0 Å². The maximum absolute atomic E-state index is 4.80. The molecule has 1 aromatic rings. The summed E-state index contributed by atoms with van der Waals surface area (Å²) in [6.07, 6.45) is 6.99. The number of rotatable bonds is 5. The quantitative estimate of drug-likeness (QED) is 0.489. The predicted molar refractivity (Wildman–Crippen MR) is 106 cm³/mol. The Morgan fingerprint density at radius 1 is 1.33 bits per heavy atom. The first-order chi connectivity index (χ1) is 11.8. The number of nitrogens with zero attached hydrogens (tertiary/aromatic N) is 2. The molecule has 2 aliphatic heterocycles. The molecule has 2 N–H and O–H groups in total. The van der Waals surface area contributed by atoms with Crippen LogP contribution in [0.15, 0.2) is 41.4 Å². The molecule has 5 heteroatoms. The second-order valence-corrected chi connectivity index (χ2v) is 7.45. The van der Waals surface area contributed by atoms with Gasteiger partial charge in [0.2, 0.25) is 0 Å². The number of benzene rings is 1. The van der Waals surface area contributed by atoms with E-state index in [9.17, 15) is 0 Å². The van der Waals surface area contributed by atoms with Crippen molar-refractivity contribution in [2.45, 2.75) is 32.4 Å². The van der Waals surface area contributed by atoms with Gasteiger partial charge in [0, 0.05) is 37.1 Å². The summed E-state index contributed by atoms with van der Waals surface area (Å²) in [6.45, 7) is 5.75. The van der Waals surface area contributed by atoms with Gasteiger partial charge >= 0.3 is 0 Å². The summed E-state index contributed by atoms with van der Waals surface area (Å²) >= 11 is 2.04. The fourth-order valence-corrected chi connectivity index (χ4v) is 4.15. The van der Waals surface area contributed by atoms with Crippen molar-refractivity contribution in [2.24, 2.45) is 4.99 Å². The van der Waals surface area contributed by atoms with Gasteiger partial charge in [-0.15, -0.1) is 0 Å². The highest BCUT2D eigenvalue weighted by Gasteiger charge is 2.14. The lowest BCUT2D eigenvalue weighted by Gasteiger charge is -2.24. The summed E-state index contributed by atoms with van der Waals surface area (Å²) in [6, 6.07) is 9.29. The van der Waals surface area contributed by atoms with E-state index in [2.05, 4.69) is 58.9 Å². The molecule has 0 bridgehead atoms. The molecule has 0 aromatic heterocycles. The Morgan fingerprint density at radius 2 is 2.21 bits per heavy atom. The normalized spacial score (nSPS) is 21.1. The molecule has 24 heavy (non-hydrogen) atoms. The van der Waals surface area contributed by atoms with Crippen molar-refractivity contribution in [1.29, 1.82) is 0 Å². The molecule has 1 fully saturated rings. The van der Waals surface area contributed by atoms with Crippen LogP contribution in [0.1, 0.15) is 25.3 Å². The molecule has 0 spiro atoms. The Bertz CT molecular complexity index is 570. The first kappa shape index (κ1) is 17.2. The average Bonchev–Trinajstić information content (AvgIpc) is 3.16. The fraction of sp³-hybridized carbons (Fsp3) is 0.526. The van der Waals surface area contributed by atoms with Crippen LogP contribution in [-0.2, 0) is 6.54 Å². The zero-order valence-electron chi connectivity index (χ0n) is 14.5. The van der Waals surface area contributed by atoms with Gasteiger partial charge in [-0.3, -0.25) is 0 Å². The first-order valence-corrected chi connectivity index (χ1v) is 10.1. The van der Waals surface area contributed by atoms with Crippen LogP contribution in [0.4, 0.5) is 5.69 Å². The van der Waals surface area contributed by atoms with Crippen LogP contribution in [0.25, 0.3) is 0 Å². The Hall–Kier alpha value is -1.62. The van der Waals surface area contributed by atoms with Gasteiger partial charge in [0.15, 0.2) is 5.96 Å². The van der Waals surface area contributed by atoms with E-state index in [4.69, 9.17) is 4.99 Å². The number of guanidine groups is 1. The van der Waals surface area contributed by atoms with E-state index < -0.39 is 0 Å². The van der Waals surface area contributed by atoms with Crippen LogP contribution >= 0.6 is 11.8 Å². The van der Waals surface area contributed by atoms with Crippen molar-refractivity contribution in [2.75, 3.05) is 36.0 Å². The second-order valence-electron chi connectivity index (χ2n) is 6.30. The van der Waals surface area contributed by atoms with E-state index in [-0.39, 0.29) is 0 Å². The number of hydrogen-bond donors (Lipinski definition) is 2. The van der Waals surface area contributed by atoms with Crippen LogP contribution < -0.4 is 15.5 Å². The zero-order valence-corrected chi connectivity index (χ0v) is 15.3. The summed E-state index contributed by atoms with van der Waals surface area (Å²) in [5.74, 6) is 3.42. The lowest BCUT2D eigenvalue weighted by molar-refractivity contribution is 0.582. The van der Waals surface area contributed by atoms with Gasteiger partial charge in [-0.1, -0.05) is 24.3 Å². The highest BCUT2D eigenvalue weighted by Crippen LogP contribution is 2.19. The first-order valence-electron chi connectivity index (χ1n) is 8.96. The fourth-order valence-electron chi connectivity index (χ4n) is 3.08. The summed E-state index contributed by atoms with van der Waals surface area (Å²) < 4.78 is 0. The van der Waals surface area contributed by atoms with Crippen LogP contribution in [0.2, 0.25) is 0 Å². The topological polar surface area (TPSA) is 39.7 Å². The van der Waals surface area contributed by atoms with Crippen molar-refractivity contribution < 1.29 is 0 Å². The van der Waals surface area contributed by atoms with E-state index in [1.54, 1.807) is 0 Å². The van der Waals surface area contributed by atoms with Gasteiger partial charge in [-0.2, -0.15) is 11.8 Å². The number of aliphatic imine (C=N–C) groups is 1. The zero-order chi connectivity index (χ0) is 16.6. The molecular formula is C19H28N4S. The van der Waals surface area contributed by atoms with E-state index in [0.717, 1.165) is 25.6 Å². The van der Waals surface area contributed by atoms with Crippen molar-refractivity contribution >= 4 is 23.4 Å². The summed E-state index contributed by atoms with van der Waals surface area (Å²) in [5, 5.41) is 6.97. The molecule has 1 unspecified atom stereocenters. The maximum Gasteiger partial charge on any atom is 0.191 e. The molecule has 0 amide bonds. The van der Waals surface area contributed by atoms with Crippen molar-refractivity contribution in [3.8, 4) is 0 Å². The van der Waals surface area contributed by atoms with Gasteiger partial charge in [-0.25, -0.2) is 4.99 Å². The molecule has 0 aliphatic carbocycles. The molecule has 4 nitrogen and oxygen atoms in total. The molecule has 0 radical (unpaired) electrons. The summed E-state index contributed by atoms with van der Waals surface area (Å²) in [7, 11) is 0. The second kappa shape index (κ2) is 9.02. The Kier molecular flexibility index (Phi) is 6.47. The van der Waals surface area contributed by atoms with Gasteiger partial charge in [0.05, 0.1) is 6.54 Å². The minimum atomic E-state index is 0.545. The molecule has 2 aliphatic rings. The molecule has 1 aromatic carbocycles. The minimum Gasteiger partial charge on any atom is -0.364 e. The SMILES string of the molecule is CCNC(=NCc1cccc(N2CC=CC2)c1)NC1CCCSC1. The van der Waals surface area contributed by atoms with Crippen molar-refractivity contribution in [3.63, 3.8) is 0 Å². The lowest BCUT2D eigenvalue weighted by atomic mass is 10.2. The number of hydrogen-bond acceptors (Lipinski definition) is 3. The van der Waals surface area contributed by atoms with Crippen LogP contribution in [0, 0.1) is 0 Å². The standard InChI is InChI=1S/C19H28N4S/c1-2-20-19(22-17-8-6-12-24-15-17)21-14-16-7-5-9-18(13-16)23-10-3-4-11-23/h3-5,7,9,13,17H,2,6,8,10-12,14-15H2,1H3,(H2,20,21,22). The molecule has 130 valence electrons. The third-order valence-electron chi connectivity index (χ3n) is 4.36. The molecule has 1 atom stereocenters. The Morgan fingerprint density at radius 3 is 2.96 bits per heavy atom. The predicted octanol–water partition coefficient (Wildman–Crippen LogP) is 3.01. The van der Waals surface area contributed by atoms with E-state index in [1.165, 1.54) is 35.6 Å². The number of nitrogens with one attached hydrogen (secondary N) is 2. The highest BCUT2D eigenvalue weighted by atomic mass is 32.2. The molecule has 0 saturated carbocycles. The number of thioether (sulfide) groups is 1. The van der Waals surface area contributed by atoms with E-state index in [1.807, 2.05) is 11.8 Å². The Balaban J connectivity index is 1.61. The minimum absolute atomic E-state index is 0.545. The van der Waals surface area contributed by atoms with Crippen LogP contribution in [-0.4, -0.2) is 43.1 Å².